The minimum Gasteiger partial charge on any atom is -0.350 e. The molecule has 0 aromatic heterocycles. The van der Waals surface area contributed by atoms with Gasteiger partial charge in [0.2, 0.25) is 0 Å². The normalized spacial score (nSPS) is 11.5. The van der Waals surface area contributed by atoms with Crippen LogP contribution in [-0.4, -0.2) is 49.6 Å². The highest BCUT2D eigenvalue weighted by molar-refractivity contribution is 7.59. The molecule has 0 aliphatic carbocycles. The van der Waals surface area contributed by atoms with Gasteiger partial charge >= 0.3 is 14.0 Å². The second-order valence-corrected chi connectivity index (χ2v) is 4.12. The molecule has 10 heteroatoms. The van der Waals surface area contributed by atoms with Crippen molar-refractivity contribution in [1.29, 1.82) is 0 Å². The van der Waals surface area contributed by atoms with Gasteiger partial charge in [0.15, 0.2) is 11.9 Å². The quantitative estimate of drug-likeness (QED) is 0.225. The summed E-state index contributed by atoms with van der Waals surface area (Å²) in [6.45, 7) is -0.716. The van der Waals surface area contributed by atoms with Crippen molar-refractivity contribution in [2.75, 3.05) is 12.7 Å². The first-order chi connectivity index (χ1) is 6.20. The number of Topliss-reactive ketones (excluding diaryl/α,β-unsaturated/α-hetero) is 1. The number of hydrogen-bond acceptors (Lipinski definition) is 7. The van der Waals surface area contributed by atoms with E-state index in [1.54, 1.807) is 5.43 Å². The zero-order valence-corrected chi connectivity index (χ0v) is 7.89. The molecule has 7 N–H and O–H groups in total. The van der Waals surface area contributed by atoms with Gasteiger partial charge in [0.25, 0.3) is 0 Å². The SMILES string of the molecule is NC(=O)NN(O)CC(=O)C[P+](O)(O)O. The van der Waals surface area contributed by atoms with Crippen LogP contribution in [0.5, 0.6) is 0 Å². The number of primary amides is 1. The van der Waals surface area contributed by atoms with Crippen LogP contribution in [0.4, 0.5) is 4.79 Å². The third-order valence-electron chi connectivity index (χ3n) is 0.954. The standard InChI is InChI=1S/C4H10N3O6P/c5-4(9)6-7(10)1-3(8)2-14(11,12)13/h10-13H,1-2H2,(H2-,5,6,9)/p+1. The van der Waals surface area contributed by atoms with Gasteiger partial charge in [0.1, 0.15) is 6.54 Å². The van der Waals surface area contributed by atoms with Crippen LogP contribution in [0.1, 0.15) is 0 Å². The lowest BCUT2D eigenvalue weighted by molar-refractivity contribution is -0.144. The van der Waals surface area contributed by atoms with Gasteiger partial charge in [-0.2, -0.15) is 14.7 Å². The van der Waals surface area contributed by atoms with Crippen molar-refractivity contribution < 1.29 is 29.5 Å². The van der Waals surface area contributed by atoms with E-state index in [0.717, 1.165) is 0 Å². The highest BCUT2D eigenvalue weighted by Crippen LogP contribution is 2.43. The van der Waals surface area contributed by atoms with Gasteiger partial charge < -0.3 is 5.73 Å². The third kappa shape index (κ3) is 7.80. The topological polar surface area (TPSA) is 156 Å². The zero-order valence-electron chi connectivity index (χ0n) is 6.99. The minimum atomic E-state index is -4.19. The predicted molar refractivity (Wildman–Crippen MR) is 44.7 cm³/mol. The second-order valence-electron chi connectivity index (χ2n) is 2.42. The van der Waals surface area contributed by atoms with E-state index in [-0.39, 0.29) is 5.17 Å². The Hall–Kier alpha value is -0.830. The summed E-state index contributed by atoms with van der Waals surface area (Å²) in [5.41, 5.74) is 6.23. The number of ketones is 1. The van der Waals surface area contributed by atoms with Crippen molar-refractivity contribution in [2.45, 2.75) is 0 Å². The molecule has 14 heavy (non-hydrogen) atoms. The number of carbonyl (C=O) groups is 2. The maximum absolute atomic E-state index is 10.8. The molecule has 0 heterocycles. The van der Waals surface area contributed by atoms with E-state index in [1.807, 2.05) is 0 Å². The maximum atomic E-state index is 10.8. The lowest BCUT2D eigenvalue weighted by Gasteiger charge is -2.12. The van der Waals surface area contributed by atoms with E-state index in [2.05, 4.69) is 5.73 Å². The Morgan fingerprint density at radius 1 is 1.36 bits per heavy atom. The summed E-state index contributed by atoms with van der Waals surface area (Å²) >= 11 is 0. The molecule has 0 fully saturated rings. The summed E-state index contributed by atoms with van der Waals surface area (Å²) in [6.07, 6.45) is -0.898. The van der Waals surface area contributed by atoms with Crippen molar-refractivity contribution >= 4 is 19.8 Å². The zero-order chi connectivity index (χ0) is 11.4. The first kappa shape index (κ1) is 13.2. The van der Waals surface area contributed by atoms with E-state index in [1.165, 1.54) is 0 Å². The molecule has 0 aliphatic heterocycles. The van der Waals surface area contributed by atoms with Crippen LogP contribution in [0, 0.1) is 0 Å². The third-order valence-corrected chi connectivity index (χ3v) is 1.73. The monoisotopic (exact) mass is 228 g/mol. The molecule has 0 spiro atoms. The number of nitrogens with two attached hydrogens (primary N) is 1. The molecule has 2 amide bonds. The van der Waals surface area contributed by atoms with Gasteiger partial charge in [0, 0.05) is 0 Å². The van der Waals surface area contributed by atoms with Gasteiger partial charge in [-0.05, 0) is 0 Å². The number of hydrazine groups is 1. The summed E-state index contributed by atoms with van der Waals surface area (Å²) in [6, 6.07) is -1.08. The molecule has 0 aromatic carbocycles. The fourth-order valence-electron chi connectivity index (χ4n) is 0.620. The molecule has 0 radical (unpaired) electrons. The number of urea groups is 1. The number of hydrogen-bond donors (Lipinski definition) is 6. The number of carbonyl (C=O) groups excluding carboxylic acids is 2. The van der Waals surface area contributed by atoms with Crippen LogP contribution in [0.2, 0.25) is 0 Å². The van der Waals surface area contributed by atoms with E-state index in [4.69, 9.17) is 19.9 Å². The van der Waals surface area contributed by atoms with Crippen molar-refractivity contribution in [3.63, 3.8) is 0 Å². The van der Waals surface area contributed by atoms with Gasteiger partial charge in [0.05, 0.1) is 0 Å². The van der Waals surface area contributed by atoms with Crippen molar-refractivity contribution in [2.24, 2.45) is 5.73 Å². The molecule has 0 aromatic rings. The smallest absolute Gasteiger partial charge is 0.350 e. The molecule has 0 atom stereocenters. The Kier molecular flexibility index (Phi) is 4.85. The Morgan fingerprint density at radius 2 is 1.86 bits per heavy atom. The van der Waals surface area contributed by atoms with Crippen molar-refractivity contribution in [3.05, 3.63) is 0 Å². The second kappa shape index (κ2) is 5.15. The van der Waals surface area contributed by atoms with Crippen LogP contribution in [0.3, 0.4) is 0 Å². The summed E-state index contributed by atoms with van der Waals surface area (Å²) in [5.74, 6) is -0.873. The van der Waals surface area contributed by atoms with Crippen LogP contribution >= 0.6 is 7.94 Å². The van der Waals surface area contributed by atoms with Gasteiger partial charge in [-0.15, -0.1) is 0 Å². The van der Waals surface area contributed by atoms with Crippen LogP contribution in [-0.2, 0) is 4.79 Å². The van der Waals surface area contributed by atoms with Crippen molar-refractivity contribution in [1.82, 2.24) is 10.6 Å². The predicted octanol–water partition coefficient (Wildman–Crippen LogP) is -2.43. The molecule has 0 rings (SSSR count). The lowest BCUT2D eigenvalue weighted by Crippen LogP contribution is -2.45. The van der Waals surface area contributed by atoms with Crippen molar-refractivity contribution in [3.8, 4) is 0 Å². The molecule has 0 saturated heterocycles. The number of rotatable bonds is 5. The summed E-state index contributed by atoms with van der Waals surface area (Å²) < 4.78 is 0. The fourth-order valence-corrected chi connectivity index (χ4v) is 1.19. The first-order valence-electron chi connectivity index (χ1n) is 3.31. The van der Waals surface area contributed by atoms with E-state index < -0.39 is 32.5 Å². The average molecular weight is 228 g/mol. The molecule has 0 unspecified atom stereocenters. The first-order valence-corrected chi connectivity index (χ1v) is 5.14. The summed E-state index contributed by atoms with van der Waals surface area (Å²) in [5, 5.41) is 8.82. The molecular formula is C4H11N3O6P+. The highest BCUT2D eigenvalue weighted by Gasteiger charge is 2.34. The number of amides is 2. The van der Waals surface area contributed by atoms with E-state index in [9.17, 15) is 9.59 Å². The summed E-state index contributed by atoms with van der Waals surface area (Å²) in [4.78, 5) is 46.4. The van der Waals surface area contributed by atoms with Gasteiger partial charge in [-0.3, -0.25) is 10.0 Å². The molecule has 0 saturated carbocycles. The Labute approximate surface area is 79.3 Å². The van der Waals surface area contributed by atoms with E-state index >= 15 is 0 Å². The molecule has 82 valence electrons. The van der Waals surface area contributed by atoms with Crippen LogP contribution in [0.25, 0.3) is 0 Å². The van der Waals surface area contributed by atoms with Gasteiger partial charge in [-0.25, -0.2) is 10.2 Å². The Bertz CT molecular complexity index is 228. The van der Waals surface area contributed by atoms with E-state index in [0.29, 0.717) is 0 Å². The highest BCUT2D eigenvalue weighted by atomic mass is 31.2. The number of nitrogens with one attached hydrogen (secondary N) is 1. The molecular weight excluding hydrogens is 217 g/mol. The minimum absolute atomic E-state index is 0.0698. The summed E-state index contributed by atoms with van der Waals surface area (Å²) in [7, 11) is -4.19. The Morgan fingerprint density at radius 3 is 2.21 bits per heavy atom. The van der Waals surface area contributed by atoms with Gasteiger partial charge in [-0.1, -0.05) is 5.17 Å². The maximum Gasteiger partial charge on any atom is 0.411 e. The molecule has 0 bridgehead atoms. The molecule has 0 aliphatic rings. The molecule has 9 nitrogen and oxygen atoms in total. The number of hydroxylamine groups is 1. The van der Waals surface area contributed by atoms with Crippen LogP contribution in [0.15, 0.2) is 0 Å². The fraction of sp³-hybridized carbons (Fsp3) is 0.500. The number of nitrogens with zero attached hydrogens (tertiary/aromatic N) is 1. The largest absolute Gasteiger partial charge is 0.411 e. The Balaban J connectivity index is 3.89. The van der Waals surface area contributed by atoms with Crippen LogP contribution < -0.4 is 11.2 Å². The lowest BCUT2D eigenvalue weighted by atomic mass is 10.4. The average Bonchev–Trinajstić information content (AvgIpc) is 1.77.